The van der Waals surface area contributed by atoms with E-state index in [4.69, 9.17) is 16.8 Å². The van der Waals surface area contributed by atoms with Crippen LogP contribution in [0, 0.1) is 11.7 Å². The molecule has 1 aromatic rings. The highest BCUT2D eigenvalue weighted by Crippen LogP contribution is 2.23. The summed E-state index contributed by atoms with van der Waals surface area (Å²) in [5, 5.41) is 12.3. The molecule has 1 aliphatic heterocycles. The predicted octanol–water partition coefficient (Wildman–Crippen LogP) is 3.18. The Bertz CT molecular complexity index is 548. The Morgan fingerprint density at radius 1 is 1.60 bits per heavy atom. The van der Waals surface area contributed by atoms with Crippen molar-refractivity contribution >= 4 is 23.2 Å². The molecule has 1 amide bonds. The zero-order chi connectivity index (χ0) is 14.7. The molecule has 0 aliphatic carbocycles. The number of likely N-dealkylation sites (tertiary alicyclic amines) is 1. The molecule has 1 heterocycles. The summed E-state index contributed by atoms with van der Waals surface area (Å²) in [6.07, 6.45) is 1.33. The van der Waals surface area contributed by atoms with Crippen molar-refractivity contribution in [2.45, 2.75) is 19.8 Å². The van der Waals surface area contributed by atoms with Crippen LogP contribution in [0.1, 0.15) is 30.1 Å². The molecule has 1 atom stereocenters. The Morgan fingerprint density at radius 2 is 2.35 bits per heavy atom. The summed E-state index contributed by atoms with van der Waals surface area (Å²) in [6, 6.07) is 3.76. The van der Waals surface area contributed by atoms with E-state index in [-0.39, 0.29) is 16.8 Å². The quantitative estimate of drug-likeness (QED) is 0.673. The van der Waals surface area contributed by atoms with Crippen LogP contribution in [0.3, 0.4) is 0 Å². The van der Waals surface area contributed by atoms with Gasteiger partial charge >= 0.3 is 0 Å². The van der Waals surface area contributed by atoms with Crippen molar-refractivity contribution < 1.29 is 14.4 Å². The summed E-state index contributed by atoms with van der Waals surface area (Å²) in [6.45, 7) is 2.94. The summed E-state index contributed by atoms with van der Waals surface area (Å²) in [7, 11) is 0. The van der Waals surface area contributed by atoms with Crippen LogP contribution in [0.2, 0.25) is 5.02 Å². The van der Waals surface area contributed by atoms with Gasteiger partial charge in [0, 0.05) is 25.4 Å². The molecule has 0 aromatic heterocycles. The van der Waals surface area contributed by atoms with Gasteiger partial charge in [0.2, 0.25) is 0 Å². The first-order valence-corrected chi connectivity index (χ1v) is 6.89. The summed E-state index contributed by atoms with van der Waals surface area (Å²) < 4.78 is 13.0. The third-order valence-electron chi connectivity index (χ3n) is 3.62. The molecule has 4 nitrogen and oxygen atoms in total. The number of carbonyl (C=O) groups excluding carboxylic acids is 1. The van der Waals surface area contributed by atoms with E-state index in [0.29, 0.717) is 25.1 Å². The van der Waals surface area contributed by atoms with Gasteiger partial charge in [0.15, 0.2) is 0 Å². The maximum atomic E-state index is 13.0. The lowest BCUT2D eigenvalue weighted by molar-refractivity contribution is 0.0729. The van der Waals surface area contributed by atoms with Gasteiger partial charge in [-0.1, -0.05) is 23.7 Å². The third-order valence-corrected chi connectivity index (χ3v) is 3.93. The molecule has 0 radical (unpaired) electrons. The molecule has 0 spiro atoms. The van der Waals surface area contributed by atoms with Gasteiger partial charge in [-0.3, -0.25) is 4.79 Å². The highest BCUT2D eigenvalue weighted by molar-refractivity contribution is 6.33. The number of rotatable bonds is 2. The number of hydrogen-bond acceptors (Lipinski definition) is 3. The second kappa shape index (κ2) is 6.22. The van der Waals surface area contributed by atoms with Crippen LogP contribution in [0.4, 0.5) is 4.39 Å². The number of nitrogens with zero attached hydrogens (tertiary/aromatic N) is 2. The van der Waals surface area contributed by atoms with Gasteiger partial charge in [-0.25, -0.2) is 4.39 Å². The minimum absolute atomic E-state index is 0.0527. The SMILES string of the molecule is CCC1CN(C(=O)c2ccc(F)cc2Cl)CC/C1=N\O. The molecule has 1 aliphatic rings. The molecule has 20 heavy (non-hydrogen) atoms. The van der Waals surface area contributed by atoms with Gasteiger partial charge < -0.3 is 10.1 Å². The molecule has 0 bridgehead atoms. The number of amides is 1. The van der Waals surface area contributed by atoms with Gasteiger partial charge in [-0.05, 0) is 24.6 Å². The molecule has 1 fully saturated rings. The zero-order valence-electron chi connectivity index (χ0n) is 11.1. The van der Waals surface area contributed by atoms with E-state index in [0.717, 1.165) is 18.2 Å². The summed E-state index contributed by atoms with van der Waals surface area (Å²) in [4.78, 5) is 14.1. The van der Waals surface area contributed by atoms with Crippen molar-refractivity contribution in [2.24, 2.45) is 11.1 Å². The fourth-order valence-corrected chi connectivity index (χ4v) is 2.68. The lowest BCUT2D eigenvalue weighted by Gasteiger charge is -2.33. The van der Waals surface area contributed by atoms with Crippen LogP contribution in [-0.4, -0.2) is 34.8 Å². The van der Waals surface area contributed by atoms with Gasteiger partial charge in [0.1, 0.15) is 5.82 Å². The summed E-state index contributed by atoms with van der Waals surface area (Å²) in [5.41, 5.74) is 1.02. The number of hydrogen-bond donors (Lipinski definition) is 1. The van der Waals surface area contributed by atoms with Gasteiger partial charge in [-0.2, -0.15) is 0 Å². The minimum atomic E-state index is -0.466. The smallest absolute Gasteiger partial charge is 0.255 e. The Labute approximate surface area is 121 Å². The van der Waals surface area contributed by atoms with Crippen molar-refractivity contribution in [1.29, 1.82) is 0 Å². The van der Waals surface area contributed by atoms with Gasteiger partial charge in [0.05, 0.1) is 16.3 Å². The molecule has 108 valence electrons. The lowest BCUT2D eigenvalue weighted by atomic mass is 9.93. The average molecular weight is 299 g/mol. The third kappa shape index (κ3) is 2.93. The van der Waals surface area contributed by atoms with Crippen LogP contribution >= 0.6 is 11.6 Å². The van der Waals surface area contributed by atoms with Crippen LogP contribution in [0.5, 0.6) is 0 Å². The van der Waals surface area contributed by atoms with E-state index in [2.05, 4.69) is 5.16 Å². The Morgan fingerprint density at radius 3 is 2.95 bits per heavy atom. The number of benzene rings is 1. The van der Waals surface area contributed by atoms with E-state index >= 15 is 0 Å². The topological polar surface area (TPSA) is 52.9 Å². The maximum Gasteiger partial charge on any atom is 0.255 e. The predicted molar refractivity (Wildman–Crippen MR) is 74.9 cm³/mol. The molecule has 6 heteroatoms. The molecule has 0 saturated carbocycles. The molecule has 1 N–H and O–H groups in total. The fourth-order valence-electron chi connectivity index (χ4n) is 2.43. The molecule has 1 saturated heterocycles. The van der Waals surface area contributed by atoms with E-state index in [9.17, 15) is 9.18 Å². The monoisotopic (exact) mass is 298 g/mol. The number of piperidine rings is 1. The molecule has 1 unspecified atom stereocenters. The highest BCUT2D eigenvalue weighted by Gasteiger charge is 2.29. The minimum Gasteiger partial charge on any atom is -0.411 e. The van der Waals surface area contributed by atoms with Crippen molar-refractivity contribution in [3.63, 3.8) is 0 Å². The first-order chi connectivity index (χ1) is 9.56. The zero-order valence-corrected chi connectivity index (χ0v) is 11.9. The highest BCUT2D eigenvalue weighted by atomic mass is 35.5. The Hall–Kier alpha value is -1.62. The molecule has 2 rings (SSSR count). The first-order valence-electron chi connectivity index (χ1n) is 6.52. The second-order valence-electron chi connectivity index (χ2n) is 4.82. The largest absolute Gasteiger partial charge is 0.411 e. The van der Waals surface area contributed by atoms with Gasteiger partial charge in [-0.15, -0.1) is 0 Å². The van der Waals surface area contributed by atoms with Crippen LogP contribution < -0.4 is 0 Å². The lowest BCUT2D eigenvalue weighted by Crippen LogP contribution is -2.44. The summed E-state index contributed by atoms with van der Waals surface area (Å²) >= 11 is 5.92. The summed E-state index contributed by atoms with van der Waals surface area (Å²) in [5.74, 6) is -0.631. The van der Waals surface area contributed by atoms with Crippen molar-refractivity contribution in [3.8, 4) is 0 Å². The molecule has 1 aromatic carbocycles. The van der Waals surface area contributed by atoms with Gasteiger partial charge in [0.25, 0.3) is 5.91 Å². The maximum absolute atomic E-state index is 13.0. The molecular weight excluding hydrogens is 283 g/mol. The number of halogens is 2. The van der Waals surface area contributed by atoms with E-state index in [1.807, 2.05) is 6.92 Å². The van der Waals surface area contributed by atoms with E-state index in [1.165, 1.54) is 12.1 Å². The van der Waals surface area contributed by atoms with Crippen LogP contribution in [0.25, 0.3) is 0 Å². The molecular formula is C14H16ClFN2O2. The second-order valence-corrected chi connectivity index (χ2v) is 5.23. The Balaban J connectivity index is 2.18. The van der Waals surface area contributed by atoms with Crippen molar-refractivity contribution in [2.75, 3.05) is 13.1 Å². The normalized spacial score (nSPS) is 21.2. The first kappa shape index (κ1) is 14.8. The number of carbonyl (C=O) groups is 1. The average Bonchev–Trinajstić information content (AvgIpc) is 2.45. The number of oxime groups is 1. The van der Waals surface area contributed by atoms with Crippen molar-refractivity contribution in [1.82, 2.24) is 4.90 Å². The fraction of sp³-hybridized carbons (Fsp3) is 0.429. The Kier molecular flexibility index (Phi) is 4.60. The standard InChI is InChI=1S/C14H16ClFN2O2/c1-2-9-8-18(6-5-13(9)17-20)14(19)11-4-3-10(16)7-12(11)15/h3-4,7,9,20H,2,5-6,8H2,1H3/b17-13+. The van der Waals surface area contributed by atoms with Crippen LogP contribution in [0.15, 0.2) is 23.4 Å². The van der Waals surface area contributed by atoms with E-state index < -0.39 is 5.82 Å². The van der Waals surface area contributed by atoms with Crippen molar-refractivity contribution in [3.05, 3.63) is 34.6 Å². The van der Waals surface area contributed by atoms with E-state index in [1.54, 1.807) is 4.90 Å². The van der Waals surface area contributed by atoms with Crippen LogP contribution in [-0.2, 0) is 0 Å².